The lowest BCUT2D eigenvalue weighted by molar-refractivity contribution is -0.148. The molecule has 0 aromatic carbocycles. The van der Waals surface area contributed by atoms with Gasteiger partial charge in [-0.1, -0.05) is 6.92 Å². The molecule has 0 fully saturated rings. The number of fused-ring (bicyclic) bond motifs is 1. The summed E-state index contributed by atoms with van der Waals surface area (Å²) in [5.74, 6) is -4.75. The molecule has 0 N–H and O–H groups in total. The number of imidazole rings is 1. The van der Waals surface area contributed by atoms with Gasteiger partial charge in [-0.2, -0.15) is 8.78 Å². The van der Waals surface area contributed by atoms with E-state index in [1.807, 2.05) is 0 Å². The molecule has 0 radical (unpaired) electrons. The van der Waals surface area contributed by atoms with Crippen molar-refractivity contribution in [2.75, 3.05) is 12.4 Å². The topological polar surface area (TPSA) is 86.5 Å². The number of rotatable bonds is 7. The van der Waals surface area contributed by atoms with Crippen LogP contribution >= 0.6 is 0 Å². The van der Waals surface area contributed by atoms with E-state index in [2.05, 4.69) is 15.0 Å². The van der Waals surface area contributed by atoms with E-state index in [4.69, 9.17) is 4.74 Å². The average Bonchev–Trinajstić information content (AvgIpc) is 3.11. The highest BCUT2D eigenvalue weighted by atomic mass is 32.2. The minimum atomic E-state index is -4.35. The fourth-order valence-corrected chi connectivity index (χ4v) is 3.42. The zero-order chi connectivity index (χ0) is 20.5. The van der Waals surface area contributed by atoms with Gasteiger partial charge in [-0.25, -0.2) is 27.2 Å². The molecule has 0 atom stereocenters. The van der Waals surface area contributed by atoms with Gasteiger partial charge >= 0.3 is 12.3 Å². The number of ether oxygens (including phenoxy) is 1. The first-order valence-electron chi connectivity index (χ1n) is 7.96. The van der Waals surface area contributed by atoms with Gasteiger partial charge in [0.15, 0.2) is 22.3 Å². The normalized spacial score (nSPS) is 12.6. The lowest BCUT2D eigenvalue weighted by atomic mass is 10.3. The Balaban J connectivity index is 2.06. The zero-order valence-electron chi connectivity index (χ0n) is 14.4. The Morgan fingerprint density at radius 1 is 1.21 bits per heavy atom. The van der Waals surface area contributed by atoms with E-state index in [1.165, 1.54) is 48.2 Å². The van der Waals surface area contributed by atoms with Gasteiger partial charge in [0.1, 0.15) is 11.2 Å². The van der Waals surface area contributed by atoms with Gasteiger partial charge in [0.25, 0.3) is 0 Å². The first kappa shape index (κ1) is 20.0. The summed E-state index contributed by atoms with van der Waals surface area (Å²) in [6.45, 7) is -0.0915. The Bertz CT molecular complexity index is 1100. The monoisotopic (exact) mass is 418 g/mol. The predicted molar refractivity (Wildman–Crippen MR) is 90.4 cm³/mol. The predicted octanol–water partition coefficient (Wildman–Crippen LogP) is 2.86. The van der Waals surface area contributed by atoms with Gasteiger partial charge in [-0.05, 0) is 12.1 Å². The van der Waals surface area contributed by atoms with Crippen LogP contribution in [0.25, 0.3) is 17.0 Å². The van der Waals surface area contributed by atoms with Crippen LogP contribution in [0.15, 0.2) is 41.8 Å². The third-order valence-corrected chi connectivity index (χ3v) is 5.60. The van der Waals surface area contributed by atoms with E-state index >= 15 is 0 Å². The lowest BCUT2D eigenvalue weighted by Crippen LogP contribution is -2.34. The van der Waals surface area contributed by atoms with Crippen LogP contribution in [0, 0.1) is 0 Å². The second-order valence-electron chi connectivity index (χ2n) is 5.67. The van der Waals surface area contributed by atoms with Crippen LogP contribution in [0.4, 0.5) is 17.6 Å². The minimum Gasteiger partial charge on any atom is -0.469 e. The number of aromatic nitrogens is 4. The largest absolute Gasteiger partial charge is 0.469 e. The maximum absolute atomic E-state index is 13.1. The number of nitrogens with zero attached hydrogens (tertiary/aromatic N) is 4. The highest BCUT2D eigenvalue weighted by molar-refractivity contribution is 7.91. The van der Waals surface area contributed by atoms with Crippen molar-refractivity contribution >= 4 is 15.4 Å². The van der Waals surface area contributed by atoms with Crippen LogP contribution in [-0.2, 0) is 9.84 Å². The average molecular weight is 418 g/mol. The van der Waals surface area contributed by atoms with E-state index in [1.54, 1.807) is 0 Å². The molecule has 7 nitrogen and oxygen atoms in total. The van der Waals surface area contributed by atoms with Crippen LogP contribution in [0.5, 0.6) is 5.88 Å². The molecule has 3 aromatic heterocycles. The van der Waals surface area contributed by atoms with Gasteiger partial charge in [-0.3, -0.25) is 9.38 Å². The Hall–Kier alpha value is -2.76. The number of hydrogen-bond donors (Lipinski definition) is 0. The Labute approximate surface area is 156 Å². The van der Waals surface area contributed by atoms with Gasteiger partial charge < -0.3 is 4.74 Å². The summed E-state index contributed by atoms with van der Waals surface area (Å²) >= 11 is 0. The molecule has 0 aliphatic heterocycles. The van der Waals surface area contributed by atoms with Crippen molar-refractivity contribution in [2.24, 2.45) is 0 Å². The van der Waals surface area contributed by atoms with Crippen LogP contribution < -0.4 is 4.74 Å². The third-order valence-electron chi connectivity index (χ3n) is 3.84. The molecule has 12 heteroatoms. The maximum Gasteiger partial charge on any atom is 0.340 e. The molecule has 0 aliphatic rings. The summed E-state index contributed by atoms with van der Waals surface area (Å²) in [5, 5.41) is 0. The molecule has 0 amide bonds. The van der Waals surface area contributed by atoms with Crippen LogP contribution in [0.3, 0.4) is 0 Å². The lowest BCUT2D eigenvalue weighted by Gasteiger charge is -2.15. The van der Waals surface area contributed by atoms with E-state index in [-0.39, 0.29) is 33.6 Å². The van der Waals surface area contributed by atoms with Gasteiger partial charge in [0, 0.05) is 18.6 Å². The fourth-order valence-electron chi connectivity index (χ4n) is 2.38. The highest BCUT2D eigenvalue weighted by Gasteiger charge is 2.42. The van der Waals surface area contributed by atoms with E-state index in [0.29, 0.717) is 0 Å². The SMILES string of the molecule is CCS(=O)(=O)c1cccnc1-c1ncc2c(OCC(F)(F)C(F)F)nccn12. The number of pyridine rings is 1. The van der Waals surface area contributed by atoms with Crippen molar-refractivity contribution in [2.45, 2.75) is 24.2 Å². The van der Waals surface area contributed by atoms with Crippen molar-refractivity contribution in [3.8, 4) is 17.4 Å². The number of alkyl halides is 4. The van der Waals surface area contributed by atoms with Crippen molar-refractivity contribution in [1.82, 2.24) is 19.4 Å². The van der Waals surface area contributed by atoms with Crippen LogP contribution in [0.1, 0.15) is 6.92 Å². The van der Waals surface area contributed by atoms with Crippen molar-refractivity contribution < 1.29 is 30.7 Å². The van der Waals surface area contributed by atoms with E-state index in [0.717, 1.165) is 0 Å². The Morgan fingerprint density at radius 3 is 2.64 bits per heavy atom. The molecule has 0 saturated heterocycles. The standard InChI is InChI=1S/C16H14F4N4O3S/c1-2-28(25,26)11-4-3-5-21-12(11)13-23-8-10-14(22-6-7-24(10)13)27-9-16(19,20)15(17)18/h3-8,15H,2,9H2,1H3. The summed E-state index contributed by atoms with van der Waals surface area (Å²) in [7, 11) is -3.62. The summed E-state index contributed by atoms with van der Waals surface area (Å²) < 4.78 is 81.6. The molecular weight excluding hydrogens is 404 g/mol. The second-order valence-corrected chi connectivity index (χ2v) is 7.92. The first-order valence-corrected chi connectivity index (χ1v) is 9.61. The molecule has 150 valence electrons. The molecule has 28 heavy (non-hydrogen) atoms. The molecule has 0 aliphatic carbocycles. The molecule has 0 saturated carbocycles. The molecule has 0 unspecified atom stereocenters. The van der Waals surface area contributed by atoms with Gasteiger partial charge in [-0.15, -0.1) is 0 Å². The van der Waals surface area contributed by atoms with Gasteiger partial charge in [0.05, 0.1) is 16.8 Å². The Kier molecular flexibility index (Phi) is 5.24. The fraction of sp³-hybridized carbons (Fsp3) is 0.312. The maximum atomic E-state index is 13.1. The molecule has 3 heterocycles. The summed E-state index contributed by atoms with van der Waals surface area (Å²) in [6, 6.07) is 2.84. The Morgan fingerprint density at radius 2 is 1.96 bits per heavy atom. The van der Waals surface area contributed by atoms with Crippen molar-refractivity contribution in [1.29, 1.82) is 0 Å². The first-order chi connectivity index (χ1) is 13.2. The number of sulfone groups is 1. The highest BCUT2D eigenvalue weighted by Crippen LogP contribution is 2.29. The number of halogens is 4. The summed E-state index contributed by atoms with van der Waals surface area (Å²) in [6.07, 6.45) is 1.28. The van der Waals surface area contributed by atoms with Crippen LogP contribution in [0.2, 0.25) is 0 Å². The third kappa shape index (κ3) is 3.63. The van der Waals surface area contributed by atoms with Crippen molar-refractivity contribution in [3.05, 3.63) is 36.9 Å². The molecule has 3 rings (SSSR count). The van der Waals surface area contributed by atoms with Crippen LogP contribution in [-0.4, -0.2) is 52.5 Å². The smallest absolute Gasteiger partial charge is 0.340 e. The van der Waals surface area contributed by atoms with Crippen molar-refractivity contribution in [3.63, 3.8) is 0 Å². The quantitative estimate of drug-likeness (QED) is 0.549. The summed E-state index contributed by atoms with van der Waals surface area (Å²) in [5.41, 5.74) is 0.146. The molecule has 0 bridgehead atoms. The second kappa shape index (κ2) is 7.34. The zero-order valence-corrected chi connectivity index (χ0v) is 15.2. The summed E-state index contributed by atoms with van der Waals surface area (Å²) in [4.78, 5) is 11.9. The van der Waals surface area contributed by atoms with E-state index in [9.17, 15) is 26.0 Å². The van der Waals surface area contributed by atoms with Gasteiger partial charge in [0.2, 0.25) is 5.88 Å². The molecule has 3 aromatic rings. The van der Waals surface area contributed by atoms with E-state index < -0.39 is 28.8 Å². The number of hydrogen-bond acceptors (Lipinski definition) is 6. The minimum absolute atomic E-state index is 0.0477. The molecular formula is C16H14F4N4O3S. The molecule has 0 spiro atoms.